The second kappa shape index (κ2) is 12.7. The quantitative estimate of drug-likeness (QED) is 0.599. The fourth-order valence-electron chi connectivity index (χ4n) is 4.07. The molecule has 0 aromatic carbocycles. The molecule has 1 aliphatic heterocycles. The molecule has 1 amide bonds. The van der Waals surface area contributed by atoms with Gasteiger partial charge in [-0.25, -0.2) is 0 Å². The first-order valence-electron chi connectivity index (χ1n) is 10.5. The molecule has 1 heterocycles. The molecule has 0 aliphatic carbocycles. The zero-order chi connectivity index (χ0) is 23.1. The van der Waals surface area contributed by atoms with E-state index < -0.39 is 11.5 Å². The van der Waals surface area contributed by atoms with E-state index in [1.807, 2.05) is 19.9 Å². The van der Waals surface area contributed by atoms with Gasteiger partial charge in [0.15, 0.2) is 5.78 Å². The highest BCUT2D eigenvalue weighted by Crippen LogP contribution is 2.38. The third-order valence-electron chi connectivity index (χ3n) is 6.07. The first-order valence-corrected chi connectivity index (χ1v) is 13.7. The van der Waals surface area contributed by atoms with Crippen molar-refractivity contribution in [1.29, 1.82) is 0 Å². The maximum Gasteiger partial charge on any atom is 0.227 e. The van der Waals surface area contributed by atoms with Crippen LogP contribution in [0, 0.1) is 23.2 Å². The Bertz CT molecular complexity index is 653. The van der Waals surface area contributed by atoms with Gasteiger partial charge in [0.25, 0.3) is 0 Å². The van der Waals surface area contributed by atoms with Crippen LogP contribution in [-0.4, -0.2) is 29.7 Å². The molecule has 172 valence electrons. The van der Waals surface area contributed by atoms with Gasteiger partial charge in [-0.15, -0.1) is 0 Å². The van der Waals surface area contributed by atoms with Gasteiger partial charge in [-0.2, -0.15) is 0 Å². The van der Waals surface area contributed by atoms with Gasteiger partial charge in [0.05, 0.1) is 29.7 Å². The third-order valence-corrected chi connectivity index (χ3v) is 7.21. The van der Waals surface area contributed by atoms with Crippen LogP contribution in [0.1, 0.15) is 67.2 Å². The Morgan fingerprint density at radius 2 is 1.87 bits per heavy atom. The first-order chi connectivity index (χ1) is 13.9. The summed E-state index contributed by atoms with van der Waals surface area (Å²) in [5.41, 5.74) is -0.599. The summed E-state index contributed by atoms with van der Waals surface area (Å²) in [4.78, 5) is 38.2. The van der Waals surface area contributed by atoms with E-state index in [-0.39, 0.29) is 56.2 Å². The summed E-state index contributed by atoms with van der Waals surface area (Å²) in [5.74, 6) is -0.497. The zero-order valence-corrected chi connectivity index (χ0v) is 22.3. The fraction of sp³-hybridized carbons (Fsp3) is 0.762. The number of Topliss-reactive ketones (excluding diaryl/α,β-unsaturated/α-hetero) is 2. The predicted octanol–water partition coefficient (Wildman–Crippen LogP) is 4.60. The molecule has 0 radical (unpaired) electrons. The van der Waals surface area contributed by atoms with E-state index in [0.717, 1.165) is 19.3 Å². The second-order valence-electron chi connectivity index (χ2n) is 8.97. The van der Waals surface area contributed by atoms with Crippen molar-refractivity contribution in [1.82, 2.24) is 5.32 Å². The highest BCUT2D eigenvalue weighted by molar-refractivity contribution is 8.00. The molecule has 9 heteroatoms. The maximum absolute atomic E-state index is 13.5. The van der Waals surface area contributed by atoms with Gasteiger partial charge in [-0.1, -0.05) is 56.0 Å². The van der Waals surface area contributed by atoms with Crippen molar-refractivity contribution in [3.05, 3.63) is 11.8 Å². The SMILES string of the molecule is CC(=O)C1=CC(C)CCCC(C)C(OPP)C(C)C(=O)C(C)(C)C(OP)CC(=O)N1. The Balaban J connectivity index is 3.32. The smallest absolute Gasteiger partial charge is 0.227 e. The topological polar surface area (TPSA) is 81.7 Å². The van der Waals surface area contributed by atoms with Crippen LogP contribution in [0.15, 0.2) is 11.8 Å². The molecule has 0 aromatic heterocycles. The third kappa shape index (κ3) is 7.72. The van der Waals surface area contributed by atoms with E-state index in [9.17, 15) is 14.4 Å². The Labute approximate surface area is 187 Å². The van der Waals surface area contributed by atoms with Crippen molar-refractivity contribution in [2.45, 2.75) is 79.4 Å². The van der Waals surface area contributed by atoms with E-state index in [2.05, 4.69) is 30.6 Å². The lowest BCUT2D eigenvalue weighted by Gasteiger charge is -2.37. The van der Waals surface area contributed by atoms with Crippen LogP contribution < -0.4 is 5.32 Å². The number of hydrogen-bond acceptors (Lipinski definition) is 5. The normalized spacial score (nSPS) is 32.3. The van der Waals surface area contributed by atoms with Crippen molar-refractivity contribution in [2.75, 3.05) is 0 Å². The molecule has 0 saturated carbocycles. The van der Waals surface area contributed by atoms with Crippen LogP contribution >= 0.6 is 26.9 Å². The Kier molecular flexibility index (Phi) is 11.8. The molecular weight excluding hydrogens is 439 g/mol. The van der Waals surface area contributed by atoms with Gasteiger partial charge in [-0.3, -0.25) is 14.4 Å². The summed E-state index contributed by atoms with van der Waals surface area (Å²) in [5, 5.41) is 2.73. The number of amides is 1. The van der Waals surface area contributed by atoms with E-state index in [1.165, 1.54) is 6.92 Å². The monoisotopic (exact) mass is 477 g/mol. The van der Waals surface area contributed by atoms with E-state index in [1.54, 1.807) is 13.8 Å². The summed E-state index contributed by atoms with van der Waals surface area (Å²) in [7, 11) is 4.98. The minimum atomic E-state index is -0.905. The summed E-state index contributed by atoms with van der Waals surface area (Å²) in [6, 6.07) is 0. The average molecular weight is 477 g/mol. The number of rotatable bonds is 4. The minimum Gasteiger partial charge on any atom is -0.361 e. The standard InChI is InChI=1S/C21H38NO5P3/c1-12-8-7-9-13(2)19(27-30-29)14(3)20(25)21(5,6)17(26-28)11-18(24)22-16(10-12)15(4)23/h10,12-14,17,19,30H,7-9,11,28-29H2,1-6H3,(H,22,24). The molecule has 1 rings (SSSR count). The maximum atomic E-state index is 13.5. The summed E-state index contributed by atoms with van der Waals surface area (Å²) in [6.07, 6.45) is 3.70. The van der Waals surface area contributed by atoms with E-state index in [4.69, 9.17) is 9.05 Å². The van der Waals surface area contributed by atoms with Gasteiger partial charge in [0.1, 0.15) is 5.78 Å². The average Bonchev–Trinajstić information content (AvgIpc) is 2.67. The molecular formula is C21H38NO5P3. The summed E-state index contributed by atoms with van der Waals surface area (Å²) in [6.45, 7) is 11.1. The van der Waals surface area contributed by atoms with E-state index >= 15 is 0 Å². The van der Waals surface area contributed by atoms with Crippen molar-refractivity contribution in [3.8, 4) is 0 Å². The lowest BCUT2D eigenvalue weighted by Crippen LogP contribution is -2.46. The number of hydrogen-bond donors (Lipinski definition) is 1. The Morgan fingerprint density at radius 3 is 2.40 bits per heavy atom. The van der Waals surface area contributed by atoms with Crippen molar-refractivity contribution < 1.29 is 23.4 Å². The Morgan fingerprint density at radius 1 is 1.23 bits per heavy atom. The van der Waals surface area contributed by atoms with Gasteiger partial charge in [0, 0.05) is 30.8 Å². The van der Waals surface area contributed by atoms with Gasteiger partial charge < -0.3 is 14.4 Å². The van der Waals surface area contributed by atoms with Crippen LogP contribution in [0.2, 0.25) is 0 Å². The van der Waals surface area contributed by atoms with Crippen molar-refractivity contribution in [3.63, 3.8) is 0 Å². The van der Waals surface area contributed by atoms with Crippen LogP contribution in [0.3, 0.4) is 0 Å². The minimum absolute atomic E-state index is 0.00780. The highest BCUT2D eigenvalue weighted by Gasteiger charge is 2.43. The number of allylic oxidation sites excluding steroid dienone is 2. The molecule has 8 atom stereocenters. The summed E-state index contributed by atoms with van der Waals surface area (Å²) >= 11 is 0. The number of ketones is 2. The molecule has 8 unspecified atom stereocenters. The van der Waals surface area contributed by atoms with Crippen LogP contribution in [0.5, 0.6) is 0 Å². The molecule has 0 saturated heterocycles. The van der Waals surface area contributed by atoms with Gasteiger partial charge in [-0.05, 0) is 24.7 Å². The lowest BCUT2D eigenvalue weighted by molar-refractivity contribution is -0.140. The molecule has 1 aliphatic rings. The molecule has 0 fully saturated rings. The molecule has 6 nitrogen and oxygen atoms in total. The Hall–Kier alpha value is -0.240. The number of carbonyl (C=O) groups excluding carboxylic acids is 3. The zero-order valence-electron chi connectivity index (χ0n) is 19.0. The molecule has 30 heavy (non-hydrogen) atoms. The van der Waals surface area contributed by atoms with Crippen molar-refractivity contribution in [2.24, 2.45) is 23.2 Å². The predicted molar refractivity (Wildman–Crippen MR) is 129 cm³/mol. The highest BCUT2D eigenvalue weighted by atomic mass is 32.0. The fourth-order valence-corrected chi connectivity index (χ4v) is 5.57. The molecule has 0 spiro atoms. The van der Waals surface area contributed by atoms with Crippen molar-refractivity contribution >= 4 is 44.4 Å². The summed E-state index contributed by atoms with van der Waals surface area (Å²) < 4.78 is 11.5. The second-order valence-corrected chi connectivity index (χ2v) is 10.4. The largest absolute Gasteiger partial charge is 0.361 e. The van der Waals surface area contributed by atoms with E-state index in [0.29, 0.717) is 5.70 Å². The molecule has 0 aromatic rings. The van der Waals surface area contributed by atoms with Crippen LogP contribution in [-0.2, 0) is 23.4 Å². The van der Waals surface area contributed by atoms with Crippen LogP contribution in [0.4, 0.5) is 0 Å². The van der Waals surface area contributed by atoms with Gasteiger partial charge in [0.2, 0.25) is 5.91 Å². The van der Waals surface area contributed by atoms with Crippen LogP contribution in [0.25, 0.3) is 0 Å². The first kappa shape index (κ1) is 27.8. The number of carbonyl (C=O) groups is 3. The molecule has 0 bridgehead atoms. The van der Waals surface area contributed by atoms with Gasteiger partial charge >= 0.3 is 0 Å². The number of nitrogens with one attached hydrogen (secondary N) is 1. The molecule has 1 N–H and O–H groups in total. The lowest BCUT2D eigenvalue weighted by atomic mass is 9.73.